The highest BCUT2D eigenvalue weighted by molar-refractivity contribution is 6.34. The predicted molar refractivity (Wildman–Crippen MR) is 65.9 cm³/mol. The van der Waals surface area contributed by atoms with E-state index in [-0.39, 0.29) is 0 Å². The standard InChI is InChI=1S/C13H13ClN2/c14-12-2-1-9-16(11-3-4-11)13(12)10-5-7-15-8-6-10/h1-2,5-8,11H,3-4,9H2. The van der Waals surface area contributed by atoms with Gasteiger partial charge in [-0.05, 0) is 31.1 Å². The number of allylic oxidation sites excluding steroid dienone is 2. The number of nitrogens with zero attached hydrogens (tertiary/aromatic N) is 2. The summed E-state index contributed by atoms with van der Waals surface area (Å²) in [6.07, 6.45) is 10.3. The minimum Gasteiger partial charge on any atom is -0.363 e. The van der Waals surface area contributed by atoms with Gasteiger partial charge in [0.15, 0.2) is 0 Å². The van der Waals surface area contributed by atoms with E-state index in [1.165, 1.54) is 12.8 Å². The molecule has 82 valence electrons. The van der Waals surface area contributed by atoms with Gasteiger partial charge in [-0.15, -0.1) is 0 Å². The van der Waals surface area contributed by atoms with Crippen molar-refractivity contribution in [2.45, 2.75) is 18.9 Å². The van der Waals surface area contributed by atoms with Crippen molar-refractivity contribution in [3.05, 3.63) is 47.3 Å². The van der Waals surface area contributed by atoms with Crippen molar-refractivity contribution >= 4 is 17.3 Å². The zero-order chi connectivity index (χ0) is 11.0. The lowest BCUT2D eigenvalue weighted by atomic mass is 10.1. The summed E-state index contributed by atoms with van der Waals surface area (Å²) >= 11 is 6.31. The molecule has 2 nitrogen and oxygen atoms in total. The van der Waals surface area contributed by atoms with E-state index in [1.807, 2.05) is 30.6 Å². The summed E-state index contributed by atoms with van der Waals surface area (Å²) in [5, 5.41) is 0.837. The molecule has 0 amide bonds. The van der Waals surface area contributed by atoms with Crippen LogP contribution >= 0.6 is 11.6 Å². The lowest BCUT2D eigenvalue weighted by Gasteiger charge is -2.29. The third-order valence-corrected chi connectivity index (χ3v) is 3.33. The molecule has 0 radical (unpaired) electrons. The first-order chi connectivity index (χ1) is 7.86. The summed E-state index contributed by atoms with van der Waals surface area (Å²) in [7, 11) is 0. The second-order valence-electron chi connectivity index (χ2n) is 4.22. The van der Waals surface area contributed by atoms with Crippen LogP contribution in [0.5, 0.6) is 0 Å². The van der Waals surface area contributed by atoms with E-state index in [2.05, 4.69) is 16.0 Å². The lowest BCUT2D eigenvalue weighted by molar-refractivity contribution is 0.424. The second-order valence-corrected chi connectivity index (χ2v) is 4.63. The molecule has 16 heavy (non-hydrogen) atoms. The highest BCUT2D eigenvalue weighted by Crippen LogP contribution is 2.38. The average Bonchev–Trinajstić information content (AvgIpc) is 3.14. The SMILES string of the molecule is ClC1=C(c2ccncc2)N(C2CC2)CC=C1. The van der Waals surface area contributed by atoms with Crippen LogP contribution in [-0.4, -0.2) is 22.5 Å². The van der Waals surface area contributed by atoms with Crippen molar-refractivity contribution in [2.75, 3.05) is 6.54 Å². The maximum atomic E-state index is 6.31. The zero-order valence-corrected chi connectivity index (χ0v) is 9.69. The van der Waals surface area contributed by atoms with Gasteiger partial charge < -0.3 is 4.90 Å². The van der Waals surface area contributed by atoms with Gasteiger partial charge in [0.25, 0.3) is 0 Å². The van der Waals surface area contributed by atoms with Gasteiger partial charge in [0.05, 0.1) is 10.7 Å². The molecule has 0 bridgehead atoms. The molecule has 1 aliphatic heterocycles. The molecule has 1 aromatic heterocycles. The molecule has 3 rings (SSSR count). The van der Waals surface area contributed by atoms with Gasteiger partial charge in [-0.3, -0.25) is 4.98 Å². The normalized spacial score (nSPS) is 20.4. The first-order valence-corrected chi connectivity index (χ1v) is 5.97. The van der Waals surface area contributed by atoms with Crippen LogP contribution in [0.3, 0.4) is 0 Å². The fourth-order valence-electron chi connectivity index (χ4n) is 2.11. The fourth-order valence-corrected chi connectivity index (χ4v) is 2.42. The van der Waals surface area contributed by atoms with E-state index in [4.69, 9.17) is 11.6 Å². The molecule has 0 spiro atoms. The van der Waals surface area contributed by atoms with Crippen LogP contribution in [0.25, 0.3) is 5.70 Å². The molecule has 1 aliphatic carbocycles. The number of rotatable bonds is 2. The summed E-state index contributed by atoms with van der Waals surface area (Å²) in [5.41, 5.74) is 2.32. The van der Waals surface area contributed by atoms with Crippen LogP contribution in [-0.2, 0) is 0 Å². The fraction of sp³-hybridized carbons (Fsp3) is 0.308. The maximum absolute atomic E-state index is 6.31. The number of hydrogen-bond acceptors (Lipinski definition) is 2. The van der Waals surface area contributed by atoms with Gasteiger partial charge in [0.1, 0.15) is 0 Å². The molecule has 0 N–H and O–H groups in total. The summed E-state index contributed by atoms with van der Waals surface area (Å²) in [6, 6.07) is 4.72. The van der Waals surface area contributed by atoms with E-state index in [1.54, 1.807) is 0 Å². The molecule has 1 fully saturated rings. The van der Waals surface area contributed by atoms with Gasteiger partial charge in [-0.1, -0.05) is 17.7 Å². The van der Waals surface area contributed by atoms with Gasteiger partial charge in [-0.25, -0.2) is 0 Å². The van der Waals surface area contributed by atoms with Crippen molar-refractivity contribution in [3.8, 4) is 0 Å². The largest absolute Gasteiger partial charge is 0.363 e. The zero-order valence-electron chi connectivity index (χ0n) is 8.94. The van der Waals surface area contributed by atoms with Gasteiger partial charge in [0.2, 0.25) is 0 Å². The van der Waals surface area contributed by atoms with Crippen molar-refractivity contribution in [2.24, 2.45) is 0 Å². The van der Waals surface area contributed by atoms with Crippen molar-refractivity contribution in [1.29, 1.82) is 0 Å². The Morgan fingerprint density at radius 1 is 1.25 bits per heavy atom. The van der Waals surface area contributed by atoms with E-state index in [9.17, 15) is 0 Å². The molecular formula is C13H13ClN2. The Hall–Kier alpha value is -1.28. The summed E-state index contributed by atoms with van der Waals surface area (Å²) in [6.45, 7) is 0.971. The molecule has 0 atom stereocenters. The summed E-state index contributed by atoms with van der Waals surface area (Å²) in [5.74, 6) is 0. The third-order valence-electron chi connectivity index (χ3n) is 3.02. The van der Waals surface area contributed by atoms with Gasteiger partial charge in [-0.2, -0.15) is 0 Å². The molecular weight excluding hydrogens is 220 g/mol. The summed E-state index contributed by atoms with van der Waals surface area (Å²) < 4.78 is 0. The number of hydrogen-bond donors (Lipinski definition) is 0. The molecule has 1 aromatic rings. The Bertz CT molecular complexity index is 446. The van der Waals surface area contributed by atoms with E-state index >= 15 is 0 Å². The Morgan fingerprint density at radius 3 is 2.69 bits per heavy atom. The minimum atomic E-state index is 0.682. The monoisotopic (exact) mass is 232 g/mol. The molecule has 0 unspecified atom stereocenters. The molecule has 2 heterocycles. The quantitative estimate of drug-likeness (QED) is 0.779. The van der Waals surface area contributed by atoms with Gasteiger partial charge >= 0.3 is 0 Å². The van der Waals surface area contributed by atoms with Crippen LogP contribution in [0.15, 0.2) is 41.7 Å². The van der Waals surface area contributed by atoms with E-state index in [0.717, 1.165) is 22.8 Å². The molecule has 0 saturated heterocycles. The lowest BCUT2D eigenvalue weighted by Crippen LogP contribution is -2.27. The van der Waals surface area contributed by atoms with Crippen molar-refractivity contribution in [1.82, 2.24) is 9.88 Å². The summed E-state index contributed by atoms with van der Waals surface area (Å²) in [4.78, 5) is 6.45. The minimum absolute atomic E-state index is 0.682. The molecule has 0 aromatic carbocycles. The Balaban J connectivity index is 2.03. The molecule has 1 saturated carbocycles. The smallest absolute Gasteiger partial charge is 0.0643 e. The second kappa shape index (κ2) is 3.95. The van der Waals surface area contributed by atoms with Crippen LogP contribution in [0.1, 0.15) is 18.4 Å². The predicted octanol–water partition coefficient (Wildman–Crippen LogP) is 3.02. The van der Waals surface area contributed by atoms with Crippen LogP contribution < -0.4 is 0 Å². The Morgan fingerprint density at radius 2 is 2.00 bits per heavy atom. The van der Waals surface area contributed by atoms with E-state index in [0.29, 0.717) is 6.04 Å². The number of pyridine rings is 1. The number of halogens is 1. The van der Waals surface area contributed by atoms with E-state index < -0.39 is 0 Å². The Kier molecular flexibility index (Phi) is 2.44. The van der Waals surface area contributed by atoms with Crippen LogP contribution in [0, 0.1) is 0 Å². The van der Waals surface area contributed by atoms with Gasteiger partial charge in [0, 0.05) is 30.5 Å². The number of aromatic nitrogens is 1. The third kappa shape index (κ3) is 1.74. The maximum Gasteiger partial charge on any atom is 0.0643 e. The Labute approximate surface area is 100 Å². The average molecular weight is 233 g/mol. The van der Waals surface area contributed by atoms with Crippen molar-refractivity contribution in [3.63, 3.8) is 0 Å². The van der Waals surface area contributed by atoms with Crippen molar-refractivity contribution < 1.29 is 0 Å². The molecule has 3 heteroatoms. The topological polar surface area (TPSA) is 16.1 Å². The first kappa shape index (κ1) is 9.91. The van der Waals surface area contributed by atoms with Crippen LogP contribution in [0.2, 0.25) is 0 Å². The first-order valence-electron chi connectivity index (χ1n) is 5.59. The van der Waals surface area contributed by atoms with Crippen LogP contribution in [0.4, 0.5) is 0 Å². The highest BCUT2D eigenvalue weighted by atomic mass is 35.5. The highest BCUT2D eigenvalue weighted by Gasteiger charge is 2.32. The molecule has 2 aliphatic rings.